The molecule has 9 atom stereocenters. The van der Waals surface area contributed by atoms with Gasteiger partial charge in [-0.1, -0.05) is 33.8 Å². The fourth-order valence-corrected chi connectivity index (χ4v) is 8.80. The van der Waals surface area contributed by atoms with Crippen LogP contribution in [-0.4, -0.2) is 29.6 Å². The Labute approximate surface area is 188 Å². The zero-order valence-electron chi connectivity index (χ0n) is 20.2. The third-order valence-corrected chi connectivity index (χ3v) is 10.6. The van der Waals surface area contributed by atoms with Crippen molar-refractivity contribution in [2.45, 2.75) is 92.1 Å². The van der Waals surface area contributed by atoms with Gasteiger partial charge < -0.3 is 9.84 Å². The van der Waals surface area contributed by atoms with Crippen molar-refractivity contribution in [2.75, 3.05) is 6.61 Å². The molecule has 0 radical (unpaired) electrons. The highest BCUT2D eigenvalue weighted by Crippen LogP contribution is 2.70. The Hall–Kier alpha value is -1.16. The molecule has 174 valence electrons. The van der Waals surface area contributed by atoms with E-state index in [1.54, 1.807) is 6.08 Å². The second kappa shape index (κ2) is 8.01. The number of fused-ring (bicyclic) bond motifs is 5. The van der Waals surface area contributed by atoms with Gasteiger partial charge in [0, 0.05) is 18.4 Å². The largest absolute Gasteiger partial charge is 0.463 e. The van der Waals surface area contributed by atoms with E-state index in [9.17, 15) is 14.7 Å². The number of hydrogen-bond acceptors (Lipinski definition) is 4. The normalized spacial score (nSPS) is 48.1. The molecule has 3 unspecified atom stereocenters. The van der Waals surface area contributed by atoms with Crippen LogP contribution in [-0.2, 0) is 14.3 Å². The molecular weight excluding hydrogens is 388 g/mol. The molecule has 0 saturated heterocycles. The van der Waals surface area contributed by atoms with Gasteiger partial charge in [0.05, 0.1) is 12.7 Å². The molecule has 4 saturated carbocycles. The van der Waals surface area contributed by atoms with Crippen LogP contribution in [0.1, 0.15) is 86.0 Å². The van der Waals surface area contributed by atoms with Crippen molar-refractivity contribution < 1.29 is 19.4 Å². The second-order valence-corrected chi connectivity index (χ2v) is 12.0. The second-order valence-electron chi connectivity index (χ2n) is 12.0. The highest BCUT2D eigenvalue weighted by molar-refractivity contribution is 5.84. The van der Waals surface area contributed by atoms with E-state index >= 15 is 0 Å². The average Bonchev–Trinajstić information content (AvgIpc) is 3.05. The van der Waals surface area contributed by atoms with Crippen LogP contribution < -0.4 is 0 Å². The molecule has 0 aromatic rings. The summed E-state index contributed by atoms with van der Waals surface area (Å²) in [5.41, 5.74) is 0.248. The third kappa shape index (κ3) is 3.52. The number of carbonyl (C=O) groups excluding carboxylic acids is 2. The number of carbonyl (C=O) groups is 2. The van der Waals surface area contributed by atoms with Gasteiger partial charge in [0.2, 0.25) is 0 Å². The lowest BCUT2D eigenvalue weighted by molar-refractivity contribution is -0.180. The lowest BCUT2D eigenvalue weighted by Gasteiger charge is -2.64. The molecule has 4 fully saturated rings. The van der Waals surface area contributed by atoms with Gasteiger partial charge in [-0.2, -0.15) is 0 Å². The van der Waals surface area contributed by atoms with Crippen LogP contribution in [0.2, 0.25) is 0 Å². The van der Waals surface area contributed by atoms with Crippen molar-refractivity contribution in [3.05, 3.63) is 12.2 Å². The molecule has 0 aromatic carbocycles. The van der Waals surface area contributed by atoms with Gasteiger partial charge in [0.1, 0.15) is 5.78 Å². The summed E-state index contributed by atoms with van der Waals surface area (Å²) in [6.07, 6.45) is 11.3. The molecule has 31 heavy (non-hydrogen) atoms. The molecule has 4 rings (SSSR count). The number of allylic oxidation sites excluding steroid dienone is 1. The number of rotatable bonds is 4. The molecule has 0 amide bonds. The van der Waals surface area contributed by atoms with Crippen molar-refractivity contribution in [1.29, 1.82) is 0 Å². The maximum Gasteiger partial charge on any atom is 0.330 e. The van der Waals surface area contributed by atoms with E-state index in [0.717, 1.165) is 38.5 Å². The Bertz CT molecular complexity index is 758. The van der Waals surface area contributed by atoms with Crippen molar-refractivity contribution >= 4 is 11.8 Å². The quantitative estimate of drug-likeness (QED) is 0.484. The molecule has 4 aliphatic rings. The summed E-state index contributed by atoms with van der Waals surface area (Å²) in [5, 5.41) is 10.4. The van der Waals surface area contributed by atoms with Crippen molar-refractivity contribution in [1.82, 2.24) is 0 Å². The monoisotopic (exact) mass is 430 g/mol. The van der Waals surface area contributed by atoms with E-state index in [0.29, 0.717) is 42.5 Å². The van der Waals surface area contributed by atoms with Gasteiger partial charge in [-0.25, -0.2) is 4.79 Å². The first-order valence-corrected chi connectivity index (χ1v) is 12.6. The first-order chi connectivity index (χ1) is 14.6. The smallest absolute Gasteiger partial charge is 0.330 e. The molecular formula is C27H42O4. The van der Waals surface area contributed by atoms with Gasteiger partial charge in [-0.05, 0) is 91.8 Å². The Kier molecular flexibility index (Phi) is 5.94. The lowest BCUT2D eigenvalue weighted by atomic mass is 9.40. The minimum atomic E-state index is -0.257. The molecule has 4 heteroatoms. The van der Waals surface area contributed by atoms with Crippen LogP contribution in [0.15, 0.2) is 12.2 Å². The maximum absolute atomic E-state index is 13.6. The van der Waals surface area contributed by atoms with Crippen LogP contribution in [0, 0.1) is 45.8 Å². The predicted octanol–water partition coefficient (Wildman–Crippen LogP) is 5.33. The van der Waals surface area contributed by atoms with Gasteiger partial charge >= 0.3 is 5.97 Å². The van der Waals surface area contributed by atoms with Crippen LogP contribution in [0.3, 0.4) is 0 Å². The molecule has 4 nitrogen and oxygen atoms in total. The standard InChI is InChI=1S/C27H42O4/c1-6-31-23(30)10-7-17(2)19-8-9-20-24-21(12-13-26(19,20)4)27(5)14-11-18(28)15-25(27,3)16-22(24)29/h7,10,17-21,24,28H,6,8-9,11-16H2,1-5H3/b10-7+/t17-,18-,19-,20?,21?,24?,25+,26-,27-/m1/s1. The number of Topliss-reactive ketones (excluding diaryl/α,β-unsaturated/α-hetero) is 1. The highest BCUT2D eigenvalue weighted by Gasteiger charge is 2.66. The number of aliphatic hydroxyl groups excluding tert-OH is 1. The molecule has 0 spiro atoms. The van der Waals surface area contributed by atoms with E-state index in [-0.39, 0.29) is 34.2 Å². The van der Waals surface area contributed by atoms with Crippen LogP contribution >= 0.6 is 0 Å². The molecule has 0 heterocycles. The van der Waals surface area contributed by atoms with Gasteiger partial charge in [-0.15, -0.1) is 0 Å². The third-order valence-electron chi connectivity index (χ3n) is 10.6. The van der Waals surface area contributed by atoms with E-state index in [1.165, 1.54) is 6.42 Å². The molecule has 1 N–H and O–H groups in total. The summed E-state index contributed by atoms with van der Waals surface area (Å²) in [4.78, 5) is 25.4. The zero-order chi connectivity index (χ0) is 22.6. The number of aliphatic hydroxyl groups is 1. The topological polar surface area (TPSA) is 63.6 Å². The van der Waals surface area contributed by atoms with Gasteiger partial charge in [0.15, 0.2) is 0 Å². The first-order valence-electron chi connectivity index (χ1n) is 12.6. The van der Waals surface area contributed by atoms with Crippen LogP contribution in [0.25, 0.3) is 0 Å². The number of esters is 1. The number of ether oxygens (including phenoxy) is 1. The van der Waals surface area contributed by atoms with Crippen molar-refractivity contribution in [3.63, 3.8) is 0 Å². The van der Waals surface area contributed by atoms with Crippen LogP contribution in [0.5, 0.6) is 0 Å². The van der Waals surface area contributed by atoms with Gasteiger partial charge in [0.25, 0.3) is 0 Å². The maximum atomic E-state index is 13.6. The summed E-state index contributed by atoms with van der Waals surface area (Å²) in [7, 11) is 0. The SMILES string of the molecule is CCOC(=O)/C=C/[C@@H](C)[C@H]1CCC2C3C(=O)C[C@]4(C)C[C@H](O)CC[C@]4(C)C3CC[C@@]21C. The number of ketones is 1. The fraction of sp³-hybridized carbons (Fsp3) is 0.852. The summed E-state index contributed by atoms with van der Waals surface area (Å²) >= 11 is 0. The minimum Gasteiger partial charge on any atom is -0.463 e. The Morgan fingerprint density at radius 2 is 1.90 bits per heavy atom. The summed E-state index contributed by atoms with van der Waals surface area (Å²) in [6, 6.07) is 0. The molecule has 0 aliphatic heterocycles. The van der Waals surface area contributed by atoms with Crippen molar-refractivity contribution in [2.24, 2.45) is 45.8 Å². The lowest BCUT2D eigenvalue weighted by Crippen LogP contribution is -2.61. The molecule has 4 aliphatic carbocycles. The Morgan fingerprint density at radius 3 is 2.61 bits per heavy atom. The number of hydrogen-bond donors (Lipinski definition) is 1. The molecule has 0 bridgehead atoms. The van der Waals surface area contributed by atoms with Crippen molar-refractivity contribution in [3.8, 4) is 0 Å². The highest BCUT2D eigenvalue weighted by atomic mass is 16.5. The van der Waals surface area contributed by atoms with E-state index < -0.39 is 0 Å². The van der Waals surface area contributed by atoms with Crippen LogP contribution in [0.4, 0.5) is 0 Å². The van der Waals surface area contributed by atoms with E-state index in [1.807, 2.05) is 13.0 Å². The molecule has 0 aromatic heterocycles. The Morgan fingerprint density at radius 1 is 1.16 bits per heavy atom. The zero-order valence-corrected chi connectivity index (χ0v) is 20.2. The summed E-state index contributed by atoms with van der Waals surface area (Å²) in [6.45, 7) is 11.6. The average molecular weight is 431 g/mol. The first kappa shape index (κ1) is 23.0. The Balaban J connectivity index is 1.57. The predicted molar refractivity (Wildman–Crippen MR) is 121 cm³/mol. The fourth-order valence-electron chi connectivity index (χ4n) is 8.80. The minimum absolute atomic E-state index is 0.0651. The summed E-state index contributed by atoms with van der Waals surface area (Å²) < 4.78 is 5.06. The van der Waals surface area contributed by atoms with E-state index in [4.69, 9.17) is 4.74 Å². The van der Waals surface area contributed by atoms with E-state index in [2.05, 4.69) is 27.7 Å². The van der Waals surface area contributed by atoms with Gasteiger partial charge in [-0.3, -0.25) is 4.79 Å². The summed E-state index contributed by atoms with van der Waals surface area (Å²) in [5.74, 6) is 2.10.